The van der Waals surface area contributed by atoms with E-state index in [1.165, 1.54) is 36.1 Å². The van der Waals surface area contributed by atoms with Gasteiger partial charge >= 0.3 is 0 Å². The van der Waals surface area contributed by atoms with Gasteiger partial charge in [0.15, 0.2) is 11.5 Å². The first kappa shape index (κ1) is 23.1. The molecule has 1 spiro atoms. The van der Waals surface area contributed by atoms with E-state index in [-0.39, 0.29) is 22.9 Å². The third-order valence-corrected chi connectivity index (χ3v) is 10.5. The molecule has 2 saturated carbocycles. The van der Waals surface area contributed by atoms with Crippen LogP contribution in [0.15, 0.2) is 42.5 Å². The third kappa shape index (κ3) is 3.12. The molecule has 0 radical (unpaired) electrons. The zero-order valence-electron chi connectivity index (χ0n) is 21.6. The number of aliphatic hydroxyl groups is 1. The summed E-state index contributed by atoms with van der Waals surface area (Å²) in [7, 11) is 1.73. The van der Waals surface area contributed by atoms with Crippen LogP contribution in [0.1, 0.15) is 55.7 Å². The van der Waals surface area contributed by atoms with Gasteiger partial charge in [-0.3, -0.25) is 4.90 Å². The van der Waals surface area contributed by atoms with Gasteiger partial charge < -0.3 is 19.3 Å². The maximum Gasteiger partial charge on any atom is 0.165 e. The van der Waals surface area contributed by atoms with Crippen molar-refractivity contribution in [2.24, 2.45) is 17.3 Å². The van der Waals surface area contributed by atoms with Crippen LogP contribution in [0, 0.1) is 17.3 Å². The number of nitrogens with zero attached hydrogens (tertiary/aromatic N) is 1. The largest absolute Gasteiger partial charge is 0.493 e. The molecular weight excluding hydrogens is 450 g/mol. The molecule has 3 fully saturated rings. The third-order valence-electron chi connectivity index (χ3n) is 10.5. The summed E-state index contributed by atoms with van der Waals surface area (Å²) in [6.07, 6.45) is 6.16. The van der Waals surface area contributed by atoms with E-state index in [9.17, 15) is 5.11 Å². The van der Waals surface area contributed by atoms with Crippen LogP contribution < -0.4 is 9.47 Å². The Morgan fingerprint density at radius 2 is 1.97 bits per heavy atom. The summed E-state index contributed by atoms with van der Waals surface area (Å²) >= 11 is 0. The van der Waals surface area contributed by atoms with Gasteiger partial charge in [-0.1, -0.05) is 43.3 Å². The van der Waals surface area contributed by atoms with Crippen LogP contribution in [0.5, 0.6) is 11.5 Å². The van der Waals surface area contributed by atoms with E-state index in [0.717, 1.165) is 49.6 Å². The first-order valence-corrected chi connectivity index (χ1v) is 14.0. The second-order valence-electron chi connectivity index (χ2n) is 12.0. The van der Waals surface area contributed by atoms with Gasteiger partial charge in [-0.05, 0) is 73.6 Å². The molecule has 1 N–H and O–H groups in total. The van der Waals surface area contributed by atoms with Crippen LogP contribution >= 0.6 is 0 Å². The Morgan fingerprint density at radius 1 is 1.14 bits per heavy atom. The van der Waals surface area contributed by atoms with Crippen molar-refractivity contribution in [1.29, 1.82) is 0 Å². The smallest absolute Gasteiger partial charge is 0.165 e. The van der Waals surface area contributed by atoms with Gasteiger partial charge in [0.05, 0.1) is 26.4 Å². The highest BCUT2D eigenvalue weighted by Crippen LogP contribution is 2.71. The van der Waals surface area contributed by atoms with Gasteiger partial charge in [-0.25, -0.2) is 0 Å². The minimum atomic E-state index is -0.556. The number of hydrogen-bond donors (Lipinski definition) is 1. The lowest BCUT2D eigenvalue weighted by Gasteiger charge is -2.67. The standard InChI is InChI=1S/C31H39NO4/c1-3-30-16-23(19-35-18-21-7-5-4-6-8-21)27(33)29-31(30)13-14-32(17-20-9-10-20)25(30)15-22-11-12-24(34-2)28(36-29)26(22)31/h4-8,11-12,20,23,25,27,29,33H,3,9-10,13-19H2,1-2H3/t23-,25?,27?,29+,30-,31?/m1/s1. The van der Waals surface area contributed by atoms with E-state index >= 15 is 0 Å². The molecule has 2 aromatic carbocycles. The normalized spacial score (nSPS) is 36.3. The summed E-state index contributed by atoms with van der Waals surface area (Å²) in [5.74, 6) is 2.63. The number of methoxy groups -OCH3 is 1. The number of ether oxygens (including phenoxy) is 3. The van der Waals surface area contributed by atoms with E-state index in [2.05, 4.69) is 48.2 Å². The minimum Gasteiger partial charge on any atom is -0.493 e. The predicted molar refractivity (Wildman–Crippen MR) is 138 cm³/mol. The first-order chi connectivity index (χ1) is 17.6. The molecule has 2 aromatic rings. The number of piperidine rings is 1. The molecule has 5 heteroatoms. The summed E-state index contributed by atoms with van der Waals surface area (Å²) in [4.78, 5) is 2.83. The number of aliphatic hydroxyl groups excluding tert-OH is 1. The highest BCUT2D eigenvalue weighted by atomic mass is 16.5. The summed E-state index contributed by atoms with van der Waals surface area (Å²) < 4.78 is 18.9. The maximum atomic E-state index is 11.9. The summed E-state index contributed by atoms with van der Waals surface area (Å²) in [6.45, 7) is 5.85. The number of benzene rings is 2. The van der Waals surface area contributed by atoms with Crippen LogP contribution in [0.4, 0.5) is 0 Å². The van der Waals surface area contributed by atoms with E-state index in [0.29, 0.717) is 19.3 Å². The molecule has 0 amide bonds. The van der Waals surface area contributed by atoms with Crippen molar-refractivity contribution in [2.75, 3.05) is 26.8 Å². The molecule has 1 saturated heterocycles. The average Bonchev–Trinajstić information content (AvgIpc) is 3.65. The highest BCUT2D eigenvalue weighted by Gasteiger charge is 2.73. The molecule has 2 bridgehead atoms. The van der Waals surface area contributed by atoms with Crippen LogP contribution in [-0.2, 0) is 23.2 Å². The van der Waals surface area contributed by atoms with Crippen LogP contribution in [-0.4, -0.2) is 55.1 Å². The molecule has 5 nitrogen and oxygen atoms in total. The topological polar surface area (TPSA) is 51.2 Å². The van der Waals surface area contributed by atoms with Gasteiger partial charge in [-0.15, -0.1) is 0 Å². The van der Waals surface area contributed by atoms with Crippen molar-refractivity contribution in [3.63, 3.8) is 0 Å². The van der Waals surface area contributed by atoms with Crippen molar-refractivity contribution in [2.45, 2.75) is 75.7 Å². The predicted octanol–water partition coefficient (Wildman–Crippen LogP) is 4.73. The lowest BCUT2D eigenvalue weighted by atomic mass is 9.41. The second-order valence-corrected chi connectivity index (χ2v) is 12.0. The zero-order chi connectivity index (χ0) is 24.5. The monoisotopic (exact) mass is 489 g/mol. The van der Waals surface area contributed by atoms with E-state index in [4.69, 9.17) is 14.2 Å². The second kappa shape index (κ2) is 8.47. The van der Waals surface area contributed by atoms with Crippen LogP contribution in [0.25, 0.3) is 0 Å². The summed E-state index contributed by atoms with van der Waals surface area (Å²) in [6, 6.07) is 15.2. The Morgan fingerprint density at radius 3 is 2.72 bits per heavy atom. The number of hydrogen-bond acceptors (Lipinski definition) is 5. The Kier molecular flexibility index (Phi) is 5.43. The molecule has 2 aliphatic heterocycles. The van der Waals surface area contributed by atoms with Crippen LogP contribution in [0.3, 0.4) is 0 Å². The van der Waals surface area contributed by atoms with Gasteiger partial charge in [0.25, 0.3) is 0 Å². The quantitative estimate of drug-likeness (QED) is 0.581. The zero-order valence-corrected chi connectivity index (χ0v) is 21.6. The lowest BCUT2D eigenvalue weighted by molar-refractivity contribution is -0.192. The van der Waals surface area contributed by atoms with E-state index < -0.39 is 6.10 Å². The Bertz CT molecular complexity index is 1130. The minimum absolute atomic E-state index is 0.0528. The fourth-order valence-electron chi connectivity index (χ4n) is 8.74. The maximum absolute atomic E-state index is 11.9. The van der Waals surface area contributed by atoms with Crippen molar-refractivity contribution in [3.8, 4) is 11.5 Å². The van der Waals surface area contributed by atoms with E-state index in [1.54, 1.807) is 7.11 Å². The van der Waals surface area contributed by atoms with Crippen molar-refractivity contribution < 1.29 is 19.3 Å². The molecule has 3 aliphatic carbocycles. The Balaban J connectivity index is 1.28. The summed E-state index contributed by atoms with van der Waals surface area (Å²) in [5.41, 5.74) is 3.86. The molecule has 6 atom stereocenters. The van der Waals surface area contributed by atoms with Crippen molar-refractivity contribution in [3.05, 3.63) is 59.2 Å². The fourth-order valence-corrected chi connectivity index (χ4v) is 8.74. The Labute approximate surface area is 214 Å². The molecule has 2 heterocycles. The van der Waals surface area contributed by atoms with Gasteiger partial charge in [0.1, 0.15) is 6.10 Å². The molecular formula is C31H39NO4. The Hall–Kier alpha value is -2.08. The molecule has 7 rings (SSSR count). The van der Waals surface area contributed by atoms with Gasteiger partial charge in [0.2, 0.25) is 0 Å². The first-order valence-electron chi connectivity index (χ1n) is 14.0. The average molecular weight is 490 g/mol. The molecule has 192 valence electrons. The SMILES string of the molecule is CC[C@]12C[C@H](COCc3ccccc3)C(O)[C@@H]3Oc4c(OC)ccc5c4C31CCN(CC1CC1)C2C5. The van der Waals surface area contributed by atoms with Crippen molar-refractivity contribution in [1.82, 2.24) is 4.90 Å². The van der Waals surface area contributed by atoms with Crippen LogP contribution in [0.2, 0.25) is 0 Å². The number of rotatable bonds is 8. The summed E-state index contributed by atoms with van der Waals surface area (Å²) in [5, 5.41) is 11.9. The molecule has 3 unspecified atom stereocenters. The number of likely N-dealkylation sites (tertiary alicyclic amines) is 1. The van der Waals surface area contributed by atoms with Gasteiger partial charge in [0, 0.05) is 29.5 Å². The molecule has 0 aromatic heterocycles. The highest BCUT2D eigenvalue weighted by molar-refractivity contribution is 5.62. The van der Waals surface area contributed by atoms with E-state index in [1.807, 2.05) is 6.07 Å². The van der Waals surface area contributed by atoms with Gasteiger partial charge in [-0.2, -0.15) is 0 Å². The fraction of sp³-hybridized carbons (Fsp3) is 0.613. The van der Waals surface area contributed by atoms with Crippen molar-refractivity contribution >= 4 is 0 Å². The molecule has 5 aliphatic rings. The molecule has 36 heavy (non-hydrogen) atoms. The lowest BCUT2D eigenvalue weighted by Crippen LogP contribution is -2.74.